The summed E-state index contributed by atoms with van der Waals surface area (Å²) in [6, 6.07) is 15.7. The lowest BCUT2D eigenvalue weighted by molar-refractivity contribution is 0.335. The van der Waals surface area contributed by atoms with Crippen molar-refractivity contribution in [3.8, 4) is 22.3 Å². The molecule has 0 bridgehead atoms. The zero-order chi connectivity index (χ0) is 22.3. The zero-order valence-corrected chi connectivity index (χ0v) is 19.1. The summed E-state index contributed by atoms with van der Waals surface area (Å²) < 4.78 is 25.6. The van der Waals surface area contributed by atoms with Crippen molar-refractivity contribution in [2.45, 2.75) is 30.1 Å². The second-order valence-electron chi connectivity index (χ2n) is 8.86. The van der Waals surface area contributed by atoms with Crippen LogP contribution in [0.2, 0.25) is 0 Å². The summed E-state index contributed by atoms with van der Waals surface area (Å²) in [7, 11) is -3.28. The minimum absolute atomic E-state index is 0.226. The van der Waals surface area contributed by atoms with Crippen LogP contribution in [0.1, 0.15) is 25.3 Å². The van der Waals surface area contributed by atoms with Gasteiger partial charge in [0.25, 0.3) is 0 Å². The number of rotatable bonds is 4. The van der Waals surface area contributed by atoms with Crippen LogP contribution in [0.15, 0.2) is 72.0 Å². The first-order valence-corrected chi connectivity index (χ1v) is 12.7. The molecule has 6 nitrogen and oxygen atoms in total. The number of fused-ring (bicyclic) bond motifs is 1. The highest BCUT2D eigenvalue weighted by atomic mass is 32.2. The highest BCUT2D eigenvalue weighted by molar-refractivity contribution is 7.90. The van der Waals surface area contributed by atoms with Gasteiger partial charge in [-0.25, -0.2) is 17.9 Å². The number of nitrogens with zero attached hydrogens (tertiary/aromatic N) is 3. The van der Waals surface area contributed by atoms with Gasteiger partial charge in [-0.05, 0) is 60.2 Å². The molecule has 0 aliphatic carbocycles. The van der Waals surface area contributed by atoms with Crippen molar-refractivity contribution in [1.29, 1.82) is 0 Å². The van der Waals surface area contributed by atoms with E-state index in [4.69, 9.17) is 0 Å². The molecular formula is C25H26N4O2S. The molecule has 1 N–H and O–H groups in total. The topological polar surface area (TPSA) is 76.4 Å². The summed E-state index contributed by atoms with van der Waals surface area (Å²) in [6.07, 6.45) is 9.06. The Morgan fingerprint density at radius 2 is 1.72 bits per heavy atom. The molecule has 0 saturated carbocycles. The van der Waals surface area contributed by atoms with E-state index in [0.29, 0.717) is 5.65 Å². The summed E-state index contributed by atoms with van der Waals surface area (Å²) in [5.41, 5.74) is 5.96. The fraction of sp³-hybridized carbons (Fsp3) is 0.280. The third kappa shape index (κ3) is 3.82. The van der Waals surface area contributed by atoms with E-state index in [2.05, 4.69) is 46.6 Å². The number of benzene rings is 2. The standard InChI is InChI=1S/C25H26N4O2S/c1-25(10-12-26-13-11-25)21-8-6-18(7-9-21)20-15-27-24-23(16-28-29(24)17-20)19-4-3-5-22(14-19)32(2,30)31/h3-9,14-17,26H,10-13H2,1-2H3. The second kappa shape index (κ2) is 7.83. The van der Waals surface area contributed by atoms with E-state index in [1.165, 1.54) is 11.8 Å². The molecule has 0 unspecified atom stereocenters. The summed E-state index contributed by atoms with van der Waals surface area (Å²) in [6.45, 7) is 4.47. The van der Waals surface area contributed by atoms with E-state index >= 15 is 0 Å². The van der Waals surface area contributed by atoms with Crippen LogP contribution in [0.4, 0.5) is 0 Å². The number of sulfone groups is 1. The van der Waals surface area contributed by atoms with Crippen LogP contribution in [0.5, 0.6) is 0 Å². The van der Waals surface area contributed by atoms with Crippen molar-refractivity contribution in [2.75, 3.05) is 19.3 Å². The molecule has 164 valence electrons. The van der Waals surface area contributed by atoms with E-state index in [1.54, 1.807) is 28.9 Å². The summed E-state index contributed by atoms with van der Waals surface area (Å²) in [5.74, 6) is 0. The van der Waals surface area contributed by atoms with Gasteiger partial charge in [-0.1, -0.05) is 43.3 Å². The highest BCUT2D eigenvalue weighted by Gasteiger charge is 2.28. The Morgan fingerprint density at radius 1 is 0.969 bits per heavy atom. The molecule has 1 fully saturated rings. The van der Waals surface area contributed by atoms with Gasteiger partial charge in [0.15, 0.2) is 15.5 Å². The average Bonchev–Trinajstić information content (AvgIpc) is 3.22. The molecule has 2 aromatic carbocycles. The first-order valence-electron chi connectivity index (χ1n) is 10.8. The van der Waals surface area contributed by atoms with Crippen molar-refractivity contribution >= 4 is 15.5 Å². The van der Waals surface area contributed by atoms with Crippen LogP contribution in [0.25, 0.3) is 27.9 Å². The highest BCUT2D eigenvalue weighted by Crippen LogP contribution is 2.34. The van der Waals surface area contributed by atoms with Crippen LogP contribution in [0, 0.1) is 0 Å². The molecule has 5 rings (SSSR count). The first-order chi connectivity index (χ1) is 15.3. The van der Waals surface area contributed by atoms with Gasteiger partial charge in [0, 0.05) is 29.8 Å². The van der Waals surface area contributed by atoms with Crippen LogP contribution < -0.4 is 5.32 Å². The van der Waals surface area contributed by atoms with Crippen molar-refractivity contribution in [3.05, 3.63) is 72.7 Å². The molecule has 0 spiro atoms. The number of piperidine rings is 1. The van der Waals surface area contributed by atoms with Gasteiger partial charge in [-0.2, -0.15) is 5.10 Å². The number of aromatic nitrogens is 3. The summed E-state index contributed by atoms with van der Waals surface area (Å²) >= 11 is 0. The molecule has 4 aromatic rings. The quantitative estimate of drug-likeness (QED) is 0.511. The molecule has 0 atom stereocenters. The first kappa shape index (κ1) is 20.8. The zero-order valence-electron chi connectivity index (χ0n) is 18.2. The van der Waals surface area contributed by atoms with Gasteiger partial charge < -0.3 is 5.32 Å². The minimum atomic E-state index is -3.28. The Balaban J connectivity index is 1.47. The maximum absolute atomic E-state index is 11.9. The lowest BCUT2D eigenvalue weighted by Crippen LogP contribution is -2.37. The van der Waals surface area contributed by atoms with Gasteiger partial charge in [0.1, 0.15) is 0 Å². The Kier molecular flexibility index (Phi) is 5.10. The summed E-state index contributed by atoms with van der Waals surface area (Å²) in [4.78, 5) is 4.94. The molecule has 0 radical (unpaired) electrons. The number of nitrogens with one attached hydrogen (secondary N) is 1. The largest absolute Gasteiger partial charge is 0.317 e. The van der Waals surface area contributed by atoms with Gasteiger partial charge in [-0.15, -0.1) is 0 Å². The van der Waals surface area contributed by atoms with Crippen LogP contribution in [0.3, 0.4) is 0 Å². The minimum Gasteiger partial charge on any atom is -0.317 e. The molecule has 3 heterocycles. The van der Waals surface area contributed by atoms with Gasteiger partial charge >= 0.3 is 0 Å². The molecule has 2 aromatic heterocycles. The van der Waals surface area contributed by atoms with Gasteiger partial charge in [0.05, 0.1) is 11.1 Å². The SMILES string of the molecule is CC1(c2ccc(-c3cnc4c(-c5cccc(S(C)(=O)=O)c5)cnn4c3)cc2)CCNCC1. The molecule has 1 aliphatic rings. The van der Waals surface area contributed by atoms with Crippen LogP contribution >= 0.6 is 0 Å². The number of hydrogen-bond acceptors (Lipinski definition) is 5. The average molecular weight is 447 g/mol. The van der Waals surface area contributed by atoms with Crippen LogP contribution in [-0.4, -0.2) is 42.4 Å². The third-order valence-corrected chi connectivity index (χ3v) is 7.66. The molecule has 7 heteroatoms. The fourth-order valence-electron chi connectivity index (χ4n) is 4.45. The van der Waals surface area contributed by atoms with Gasteiger partial charge in [-0.3, -0.25) is 0 Å². The molecule has 0 amide bonds. The normalized spacial score (nSPS) is 16.3. The number of hydrogen-bond donors (Lipinski definition) is 1. The molecule has 1 saturated heterocycles. The van der Waals surface area contributed by atoms with Gasteiger partial charge in [0.2, 0.25) is 0 Å². The maximum Gasteiger partial charge on any atom is 0.175 e. The smallest absolute Gasteiger partial charge is 0.175 e. The van der Waals surface area contributed by atoms with Crippen molar-refractivity contribution in [3.63, 3.8) is 0 Å². The predicted molar refractivity (Wildman–Crippen MR) is 126 cm³/mol. The van der Waals surface area contributed by atoms with E-state index in [9.17, 15) is 8.42 Å². The lowest BCUT2D eigenvalue weighted by atomic mass is 9.75. The van der Waals surface area contributed by atoms with Crippen molar-refractivity contribution in [1.82, 2.24) is 19.9 Å². The van der Waals surface area contributed by atoms with E-state index in [-0.39, 0.29) is 10.3 Å². The van der Waals surface area contributed by atoms with E-state index in [1.807, 2.05) is 18.5 Å². The van der Waals surface area contributed by atoms with E-state index in [0.717, 1.165) is 48.2 Å². The maximum atomic E-state index is 11.9. The summed E-state index contributed by atoms with van der Waals surface area (Å²) in [5, 5.41) is 7.91. The Bertz CT molecular complexity index is 1390. The molecule has 32 heavy (non-hydrogen) atoms. The monoisotopic (exact) mass is 446 g/mol. The van der Waals surface area contributed by atoms with Crippen LogP contribution in [-0.2, 0) is 15.3 Å². The van der Waals surface area contributed by atoms with Crippen molar-refractivity contribution in [2.24, 2.45) is 0 Å². The van der Waals surface area contributed by atoms with Crippen molar-refractivity contribution < 1.29 is 8.42 Å². The Hall–Kier alpha value is -3.03. The molecule has 1 aliphatic heterocycles. The fourth-order valence-corrected chi connectivity index (χ4v) is 5.12. The third-order valence-electron chi connectivity index (χ3n) is 6.55. The second-order valence-corrected chi connectivity index (χ2v) is 10.9. The Morgan fingerprint density at radius 3 is 2.44 bits per heavy atom. The molecular weight excluding hydrogens is 420 g/mol. The predicted octanol–water partition coefficient (Wildman–Crippen LogP) is 4.11. The van der Waals surface area contributed by atoms with E-state index < -0.39 is 9.84 Å². The lowest BCUT2D eigenvalue weighted by Gasteiger charge is -2.34. The Labute approximate surface area is 188 Å².